The van der Waals surface area contributed by atoms with Crippen LogP contribution in [0, 0.1) is 23.7 Å². The van der Waals surface area contributed by atoms with Gasteiger partial charge in [-0.15, -0.1) is 0 Å². The van der Waals surface area contributed by atoms with Crippen molar-refractivity contribution in [3.8, 4) is 0 Å². The third-order valence-electron chi connectivity index (χ3n) is 3.35. The Morgan fingerprint density at radius 1 is 0.500 bits per heavy atom. The van der Waals surface area contributed by atoms with Crippen molar-refractivity contribution >= 4 is 0 Å². The molecule has 0 spiro atoms. The van der Waals surface area contributed by atoms with Gasteiger partial charge in [-0.2, -0.15) is 0 Å². The van der Waals surface area contributed by atoms with Crippen molar-refractivity contribution in [3.05, 3.63) is 0 Å². The Kier molecular flexibility index (Phi) is 0.482. The van der Waals surface area contributed by atoms with Gasteiger partial charge in [-0.05, 0) is 49.4 Å². The second-order valence-corrected chi connectivity index (χ2v) is 3.98. The highest BCUT2D eigenvalue weighted by atomic mass is 14.6. The summed E-state index contributed by atoms with van der Waals surface area (Å²) in [7, 11) is 0. The number of hydrogen-bond donors (Lipinski definition) is 0. The van der Waals surface area contributed by atoms with Gasteiger partial charge in [0.2, 0.25) is 0 Å². The largest absolute Gasteiger partial charge is 0.0470 e. The van der Waals surface area contributed by atoms with Crippen molar-refractivity contribution in [1.29, 1.82) is 0 Å². The zero-order valence-electron chi connectivity index (χ0n) is 5.14. The van der Waals surface area contributed by atoms with E-state index in [0.717, 1.165) is 0 Å². The molecule has 44 valence electrons. The fraction of sp³-hybridized carbons (Fsp3) is 1.00. The highest BCUT2D eigenvalue weighted by Gasteiger charge is 2.52. The Bertz CT molecular complexity index is 100. The first-order valence-corrected chi connectivity index (χ1v) is 3.93. The zero-order chi connectivity index (χ0) is 5.14. The summed E-state index contributed by atoms with van der Waals surface area (Å²) in [6.07, 6.45) is 6.45. The van der Waals surface area contributed by atoms with E-state index >= 15 is 0 Å². The Morgan fingerprint density at radius 2 is 0.750 bits per heavy atom. The Labute approximate surface area is 50.3 Å². The average molecular weight is 108 g/mol. The van der Waals surface area contributed by atoms with Crippen molar-refractivity contribution in [3.63, 3.8) is 0 Å². The second kappa shape index (κ2) is 0.984. The summed E-state index contributed by atoms with van der Waals surface area (Å²) < 4.78 is 0. The maximum atomic E-state index is 1.62. The molecule has 0 aromatic carbocycles. The molecule has 8 heavy (non-hydrogen) atoms. The first kappa shape index (κ1) is 3.92. The second-order valence-electron chi connectivity index (χ2n) is 3.98. The van der Waals surface area contributed by atoms with Crippen LogP contribution in [0.5, 0.6) is 0 Å². The zero-order valence-corrected chi connectivity index (χ0v) is 5.14. The van der Waals surface area contributed by atoms with Crippen molar-refractivity contribution < 1.29 is 0 Å². The lowest BCUT2D eigenvalue weighted by molar-refractivity contribution is 0.457. The highest BCUT2D eigenvalue weighted by Crippen LogP contribution is 2.62. The summed E-state index contributed by atoms with van der Waals surface area (Å²) >= 11 is 0. The monoisotopic (exact) mass is 108 g/mol. The van der Waals surface area contributed by atoms with Crippen molar-refractivity contribution in [1.82, 2.24) is 0 Å². The minimum atomic E-state index is 1.22. The van der Waals surface area contributed by atoms with Crippen LogP contribution < -0.4 is 0 Å². The lowest BCUT2D eigenvalue weighted by Crippen LogP contribution is -1.95. The summed E-state index contributed by atoms with van der Waals surface area (Å²) in [5.74, 6) is 4.88. The fourth-order valence-electron chi connectivity index (χ4n) is 2.55. The van der Waals surface area contributed by atoms with E-state index in [1.165, 1.54) is 23.7 Å². The summed E-state index contributed by atoms with van der Waals surface area (Å²) in [6.45, 7) is 0. The Hall–Kier alpha value is 0. The molecule has 0 aromatic heterocycles. The summed E-state index contributed by atoms with van der Waals surface area (Å²) in [6, 6.07) is 0. The predicted octanol–water partition coefficient (Wildman–Crippen LogP) is 2.05. The molecular weight excluding hydrogens is 96.1 g/mol. The lowest BCUT2D eigenvalue weighted by atomic mass is 10.0. The van der Waals surface area contributed by atoms with Crippen molar-refractivity contribution in [2.45, 2.75) is 25.7 Å². The van der Waals surface area contributed by atoms with Gasteiger partial charge in [-0.3, -0.25) is 0 Å². The fourth-order valence-corrected chi connectivity index (χ4v) is 2.55. The minimum absolute atomic E-state index is 1.22. The van der Waals surface area contributed by atoms with Gasteiger partial charge < -0.3 is 0 Å². The number of fused-ring (bicyclic) bond motifs is 2. The molecule has 3 fully saturated rings. The molecule has 0 aromatic rings. The van der Waals surface area contributed by atoms with Crippen LogP contribution in [0.2, 0.25) is 0 Å². The normalized spacial score (nSPS) is 66.0. The molecule has 0 atom stereocenters. The molecule has 3 aliphatic carbocycles. The SMILES string of the molecule is C1C2CC3CC3CC12. The maximum Gasteiger partial charge on any atom is -0.0380 e. The van der Waals surface area contributed by atoms with Crippen molar-refractivity contribution in [2.75, 3.05) is 0 Å². The molecule has 0 saturated heterocycles. The van der Waals surface area contributed by atoms with E-state index in [-0.39, 0.29) is 0 Å². The lowest BCUT2D eigenvalue weighted by Gasteiger charge is -2.04. The van der Waals surface area contributed by atoms with E-state index in [2.05, 4.69) is 0 Å². The quantitative estimate of drug-likeness (QED) is 0.445. The smallest absolute Gasteiger partial charge is 0.0380 e. The molecule has 0 heteroatoms. The van der Waals surface area contributed by atoms with Crippen molar-refractivity contribution in [2.24, 2.45) is 23.7 Å². The minimum Gasteiger partial charge on any atom is -0.0470 e. The van der Waals surface area contributed by atoms with E-state index in [1.54, 1.807) is 25.7 Å². The van der Waals surface area contributed by atoms with E-state index < -0.39 is 0 Å². The van der Waals surface area contributed by atoms with Crippen LogP contribution in [0.15, 0.2) is 0 Å². The van der Waals surface area contributed by atoms with E-state index in [4.69, 9.17) is 0 Å². The summed E-state index contributed by atoms with van der Waals surface area (Å²) in [5.41, 5.74) is 0. The standard InChI is InChI=1S/C8H12/c1-5-3-7-2-8(7)4-6(1)5/h5-8H,1-4H2. The molecule has 0 amide bonds. The molecular formula is C8H12. The molecule has 0 unspecified atom stereocenters. The Balaban J connectivity index is 1.85. The van der Waals surface area contributed by atoms with Gasteiger partial charge in [-0.25, -0.2) is 0 Å². The van der Waals surface area contributed by atoms with Crippen LogP contribution in [-0.4, -0.2) is 0 Å². The molecule has 0 bridgehead atoms. The van der Waals surface area contributed by atoms with Gasteiger partial charge in [0.15, 0.2) is 0 Å². The van der Waals surface area contributed by atoms with Crippen LogP contribution >= 0.6 is 0 Å². The molecule has 3 rings (SSSR count). The van der Waals surface area contributed by atoms with E-state index in [0.29, 0.717) is 0 Å². The molecule has 3 aliphatic rings. The van der Waals surface area contributed by atoms with Crippen LogP contribution in [-0.2, 0) is 0 Å². The number of rotatable bonds is 0. The van der Waals surface area contributed by atoms with Gasteiger partial charge >= 0.3 is 0 Å². The first-order valence-electron chi connectivity index (χ1n) is 3.93. The Morgan fingerprint density at radius 3 is 1.00 bits per heavy atom. The number of hydrogen-bond acceptors (Lipinski definition) is 0. The first-order chi connectivity index (χ1) is 3.93. The van der Waals surface area contributed by atoms with E-state index in [9.17, 15) is 0 Å². The summed E-state index contributed by atoms with van der Waals surface area (Å²) in [4.78, 5) is 0. The van der Waals surface area contributed by atoms with E-state index in [1.807, 2.05) is 0 Å². The molecule has 0 N–H and O–H groups in total. The van der Waals surface area contributed by atoms with Crippen LogP contribution in [0.1, 0.15) is 25.7 Å². The third-order valence-corrected chi connectivity index (χ3v) is 3.35. The van der Waals surface area contributed by atoms with Gasteiger partial charge in [0.25, 0.3) is 0 Å². The molecule has 3 saturated carbocycles. The van der Waals surface area contributed by atoms with Crippen LogP contribution in [0.25, 0.3) is 0 Å². The maximum absolute atomic E-state index is 1.62. The predicted molar refractivity (Wildman–Crippen MR) is 32.4 cm³/mol. The average Bonchev–Trinajstić information content (AvgIpc) is 2.45. The highest BCUT2D eigenvalue weighted by molar-refractivity contribution is 5.03. The van der Waals surface area contributed by atoms with Gasteiger partial charge in [0, 0.05) is 0 Å². The van der Waals surface area contributed by atoms with Gasteiger partial charge in [0.1, 0.15) is 0 Å². The molecule has 0 nitrogen and oxygen atoms in total. The topological polar surface area (TPSA) is 0 Å². The third kappa shape index (κ3) is 0.375. The summed E-state index contributed by atoms with van der Waals surface area (Å²) in [5, 5.41) is 0. The molecule has 0 heterocycles. The van der Waals surface area contributed by atoms with Gasteiger partial charge in [-0.1, -0.05) is 0 Å². The van der Waals surface area contributed by atoms with Crippen LogP contribution in [0.4, 0.5) is 0 Å². The van der Waals surface area contributed by atoms with Gasteiger partial charge in [0.05, 0.1) is 0 Å². The molecule has 0 radical (unpaired) electrons. The molecule has 0 aliphatic heterocycles. The van der Waals surface area contributed by atoms with Crippen LogP contribution in [0.3, 0.4) is 0 Å².